The fourth-order valence-electron chi connectivity index (χ4n) is 2.86. The Hall–Kier alpha value is -2.88. The average molecular weight is 334 g/mol. The molecule has 0 aromatic carbocycles. The number of aryl methyl sites for hydroxylation is 3. The van der Waals surface area contributed by atoms with Crippen molar-refractivity contribution >= 4 is 22.8 Å². The minimum Gasteiger partial charge on any atom is -0.396 e. The van der Waals surface area contributed by atoms with E-state index in [4.69, 9.17) is 10.8 Å². The normalized spacial score (nSPS) is 11.6. The molecule has 0 saturated heterocycles. The molecule has 24 heavy (non-hydrogen) atoms. The van der Waals surface area contributed by atoms with Crippen LogP contribution in [0, 0.1) is 6.92 Å². The molecular weight excluding hydrogens is 316 g/mol. The van der Waals surface area contributed by atoms with Gasteiger partial charge in [-0.2, -0.15) is 4.98 Å². The third-order valence-corrected chi connectivity index (χ3v) is 3.99. The number of primary amides is 1. The molecule has 3 heterocycles. The quantitative estimate of drug-likeness (QED) is 0.576. The van der Waals surface area contributed by atoms with Crippen molar-refractivity contribution in [1.29, 1.82) is 0 Å². The SMILES string of the molecule is Cc1cn2c3c(=O)n(CC(N)=O)c(=O)n(C)c3nc2n1CCCO. The van der Waals surface area contributed by atoms with Gasteiger partial charge in [-0.15, -0.1) is 0 Å². The average Bonchev–Trinajstić information content (AvgIpc) is 3.02. The van der Waals surface area contributed by atoms with E-state index in [-0.39, 0.29) is 17.8 Å². The van der Waals surface area contributed by atoms with Crippen molar-refractivity contribution in [3.05, 3.63) is 32.7 Å². The highest BCUT2D eigenvalue weighted by Gasteiger charge is 2.20. The van der Waals surface area contributed by atoms with Crippen LogP contribution < -0.4 is 17.0 Å². The molecule has 0 unspecified atom stereocenters. The van der Waals surface area contributed by atoms with Crippen LogP contribution >= 0.6 is 0 Å². The number of nitrogens with zero attached hydrogens (tertiary/aromatic N) is 5. The predicted molar refractivity (Wildman–Crippen MR) is 85.8 cm³/mol. The van der Waals surface area contributed by atoms with Crippen LogP contribution in [0.2, 0.25) is 0 Å². The molecule has 0 spiro atoms. The Bertz CT molecular complexity index is 1070. The van der Waals surface area contributed by atoms with Crippen LogP contribution in [0.25, 0.3) is 16.9 Å². The Labute approximate surface area is 135 Å². The summed E-state index contributed by atoms with van der Waals surface area (Å²) in [7, 11) is 1.49. The van der Waals surface area contributed by atoms with Crippen LogP contribution in [-0.2, 0) is 24.9 Å². The number of hydrogen-bond acceptors (Lipinski definition) is 5. The summed E-state index contributed by atoms with van der Waals surface area (Å²) in [6.07, 6.45) is 2.28. The first-order valence-corrected chi connectivity index (χ1v) is 7.43. The largest absolute Gasteiger partial charge is 0.396 e. The standard InChI is InChI=1S/C14H18N6O4/c1-8-6-19-10-11(16-13(19)18(8)4-3-5-21)17(2)14(24)20(12(10)23)7-9(15)22/h6,21H,3-5,7H2,1-2H3,(H2,15,22). The first-order chi connectivity index (χ1) is 11.4. The number of hydrogen-bond donors (Lipinski definition) is 2. The van der Waals surface area contributed by atoms with E-state index in [1.54, 1.807) is 10.6 Å². The van der Waals surface area contributed by atoms with Crippen molar-refractivity contribution in [1.82, 2.24) is 23.1 Å². The van der Waals surface area contributed by atoms with Gasteiger partial charge in [-0.3, -0.25) is 18.6 Å². The molecular formula is C14H18N6O4. The molecule has 0 aliphatic rings. The minimum atomic E-state index is -0.772. The lowest BCUT2D eigenvalue weighted by Gasteiger charge is -2.05. The van der Waals surface area contributed by atoms with Crippen LogP contribution in [0.5, 0.6) is 0 Å². The van der Waals surface area contributed by atoms with Crippen molar-refractivity contribution in [2.24, 2.45) is 12.8 Å². The number of rotatable bonds is 5. The highest BCUT2D eigenvalue weighted by atomic mass is 16.3. The highest BCUT2D eigenvalue weighted by Crippen LogP contribution is 2.16. The maximum Gasteiger partial charge on any atom is 0.332 e. The highest BCUT2D eigenvalue weighted by molar-refractivity contribution is 5.77. The third kappa shape index (κ3) is 2.22. The molecule has 0 fully saturated rings. The van der Waals surface area contributed by atoms with E-state index in [1.807, 2.05) is 11.5 Å². The van der Waals surface area contributed by atoms with E-state index in [0.29, 0.717) is 18.7 Å². The van der Waals surface area contributed by atoms with E-state index in [0.717, 1.165) is 10.3 Å². The molecule has 0 radical (unpaired) electrons. The number of amides is 1. The Balaban J connectivity index is 2.39. The van der Waals surface area contributed by atoms with Crippen LogP contribution in [-0.4, -0.2) is 40.7 Å². The van der Waals surface area contributed by atoms with Crippen molar-refractivity contribution < 1.29 is 9.90 Å². The first-order valence-electron chi connectivity index (χ1n) is 7.43. The summed E-state index contributed by atoms with van der Waals surface area (Å²) in [5.74, 6) is -0.272. The molecule has 0 saturated carbocycles. The third-order valence-electron chi connectivity index (χ3n) is 3.99. The number of carbonyl (C=O) groups excluding carboxylic acids is 1. The van der Waals surface area contributed by atoms with Gasteiger partial charge in [0.1, 0.15) is 6.54 Å². The topological polar surface area (TPSA) is 130 Å². The van der Waals surface area contributed by atoms with Gasteiger partial charge in [-0.25, -0.2) is 9.36 Å². The van der Waals surface area contributed by atoms with Crippen LogP contribution in [0.3, 0.4) is 0 Å². The summed E-state index contributed by atoms with van der Waals surface area (Å²) in [6.45, 7) is 1.94. The number of fused-ring (bicyclic) bond motifs is 3. The number of aliphatic hydroxyl groups is 1. The minimum absolute atomic E-state index is 0.0356. The molecule has 0 atom stereocenters. The Morgan fingerprint density at radius 2 is 2.04 bits per heavy atom. The molecule has 3 aromatic rings. The van der Waals surface area contributed by atoms with E-state index in [9.17, 15) is 14.4 Å². The summed E-state index contributed by atoms with van der Waals surface area (Å²) in [4.78, 5) is 40.5. The second-order valence-corrected chi connectivity index (χ2v) is 5.65. The number of imidazole rings is 2. The second kappa shape index (κ2) is 5.64. The van der Waals surface area contributed by atoms with Crippen molar-refractivity contribution in [2.45, 2.75) is 26.4 Å². The van der Waals surface area contributed by atoms with E-state index >= 15 is 0 Å². The van der Waals surface area contributed by atoms with Gasteiger partial charge in [0.05, 0.1) is 0 Å². The maximum atomic E-state index is 12.7. The summed E-state index contributed by atoms with van der Waals surface area (Å²) in [5.41, 5.74) is 5.18. The fourth-order valence-corrected chi connectivity index (χ4v) is 2.86. The summed E-state index contributed by atoms with van der Waals surface area (Å²) >= 11 is 0. The Morgan fingerprint density at radius 1 is 1.33 bits per heavy atom. The van der Waals surface area contributed by atoms with Crippen LogP contribution in [0.15, 0.2) is 15.8 Å². The Kier molecular flexibility index (Phi) is 3.76. The lowest BCUT2D eigenvalue weighted by Crippen LogP contribution is -2.42. The van der Waals surface area contributed by atoms with Gasteiger partial charge in [-0.1, -0.05) is 0 Å². The lowest BCUT2D eigenvalue weighted by molar-refractivity contribution is -0.118. The van der Waals surface area contributed by atoms with Gasteiger partial charge >= 0.3 is 5.69 Å². The van der Waals surface area contributed by atoms with Crippen LogP contribution in [0.4, 0.5) is 0 Å². The second-order valence-electron chi connectivity index (χ2n) is 5.65. The first kappa shape index (κ1) is 16.0. The zero-order chi connectivity index (χ0) is 17.6. The molecule has 10 heteroatoms. The molecule has 0 aliphatic carbocycles. The van der Waals surface area contributed by atoms with Crippen molar-refractivity contribution in [2.75, 3.05) is 6.61 Å². The summed E-state index contributed by atoms with van der Waals surface area (Å²) in [6, 6.07) is 0. The van der Waals surface area contributed by atoms with Gasteiger partial charge < -0.3 is 15.4 Å². The van der Waals surface area contributed by atoms with Gasteiger partial charge in [0.2, 0.25) is 11.7 Å². The van der Waals surface area contributed by atoms with Gasteiger partial charge in [0.15, 0.2) is 11.2 Å². The van der Waals surface area contributed by atoms with E-state index < -0.39 is 23.7 Å². The van der Waals surface area contributed by atoms with Gasteiger partial charge in [-0.05, 0) is 13.3 Å². The zero-order valence-corrected chi connectivity index (χ0v) is 13.4. The van der Waals surface area contributed by atoms with Gasteiger partial charge in [0, 0.05) is 32.1 Å². The molecule has 10 nitrogen and oxygen atoms in total. The maximum absolute atomic E-state index is 12.7. The molecule has 1 amide bonds. The molecule has 0 aliphatic heterocycles. The fraction of sp³-hybridized carbons (Fsp3) is 0.429. The van der Waals surface area contributed by atoms with Gasteiger partial charge in [0.25, 0.3) is 5.56 Å². The monoisotopic (exact) mass is 334 g/mol. The molecule has 3 aromatic heterocycles. The van der Waals surface area contributed by atoms with Crippen LogP contribution in [0.1, 0.15) is 12.1 Å². The smallest absolute Gasteiger partial charge is 0.332 e. The lowest BCUT2D eigenvalue weighted by atomic mass is 10.4. The molecule has 3 rings (SSSR count). The number of carbonyl (C=O) groups is 1. The number of nitrogens with two attached hydrogens (primary N) is 1. The van der Waals surface area contributed by atoms with Crippen molar-refractivity contribution in [3.63, 3.8) is 0 Å². The van der Waals surface area contributed by atoms with E-state index in [2.05, 4.69) is 4.98 Å². The molecule has 0 bridgehead atoms. The predicted octanol–water partition coefficient (Wildman–Crippen LogP) is -1.67. The summed E-state index contributed by atoms with van der Waals surface area (Å²) in [5, 5.41) is 9.03. The molecule has 3 N–H and O–H groups in total. The number of aliphatic hydroxyl groups excluding tert-OH is 1. The van der Waals surface area contributed by atoms with Crippen molar-refractivity contribution in [3.8, 4) is 0 Å². The van der Waals surface area contributed by atoms with E-state index in [1.165, 1.54) is 11.6 Å². The zero-order valence-electron chi connectivity index (χ0n) is 13.4. The molecule has 128 valence electrons. The Morgan fingerprint density at radius 3 is 2.67 bits per heavy atom. The number of aromatic nitrogens is 5. The summed E-state index contributed by atoms with van der Waals surface area (Å²) < 4.78 is 5.48.